The van der Waals surface area contributed by atoms with E-state index >= 15 is 0 Å². The van der Waals surface area contributed by atoms with Crippen LogP contribution < -0.4 is 11.1 Å². The van der Waals surface area contributed by atoms with Crippen molar-refractivity contribution in [2.24, 2.45) is 7.05 Å². The molecule has 0 unspecified atom stereocenters. The van der Waals surface area contributed by atoms with Crippen LogP contribution in [-0.2, 0) is 7.05 Å². The third-order valence-electron chi connectivity index (χ3n) is 2.68. The van der Waals surface area contributed by atoms with Crippen LogP contribution in [0.15, 0.2) is 18.2 Å². The molecule has 0 aliphatic carbocycles. The lowest BCUT2D eigenvalue weighted by molar-refractivity contribution is 0.102. The van der Waals surface area contributed by atoms with E-state index in [1.807, 2.05) is 0 Å². The van der Waals surface area contributed by atoms with Crippen molar-refractivity contribution < 1.29 is 9.18 Å². The van der Waals surface area contributed by atoms with Gasteiger partial charge in [-0.25, -0.2) is 4.39 Å². The van der Waals surface area contributed by atoms with E-state index in [0.717, 1.165) is 6.07 Å². The molecule has 0 fully saturated rings. The summed E-state index contributed by atoms with van der Waals surface area (Å²) in [5.41, 5.74) is 7.05. The van der Waals surface area contributed by atoms with Gasteiger partial charge in [-0.2, -0.15) is 5.10 Å². The number of carbonyl (C=O) groups excluding carboxylic acids is 1. The molecular formula is C12H12ClFN4O. The maximum Gasteiger partial charge on any atom is 0.256 e. The van der Waals surface area contributed by atoms with E-state index in [0.29, 0.717) is 17.2 Å². The second-order valence-electron chi connectivity index (χ2n) is 4.05. The average Bonchev–Trinajstić information content (AvgIpc) is 2.59. The zero-order valence-corrected chi connectivity index (χ0v) is 11.1. The minimum Gasteiger partial charge on any atom is -0.394 e. The normalized spacial score (nSPS) is 10.5. The van der Waals surface area contributed by atoms with Gasteiger partial charge in [0, 0.05) is 12.6 Å². The SMILES string of the molecule is Cc1nn(C)c(NC(=O)c2ccc(F)c(Cl)c2)c1N. The van der Waals surface area contributed by atoms with E-state index in [2.05, 4.69) is 10.4 Å². The van der Waals surface area contributed by atoms with Crippen molar-refractivity contribution in [2.45, 2.75) is 6.92 Å². The predicted molar refractivity (Wildman–Crippen MR) is 71.7 cm³/mol. The van der Waals surface area contributed by atoms with Crippen LogP contribution in [0.4, 0.5) is 15.9 Å². The molecule has 0 saturated carbocycles. The number of amides is 1. The molecule has 0 aliphatic rings. The third-order valence-corrected chi connectivity index (χ3v) is 2.97. The molecule has 0 aliphatic heterocycles. The van der Waals surface area contributed by atoms with Crippen molar-refractivity contribution in [3.05, 3.63) is 40.3 Å². The largest absolute Gasteiger partial charge is 0.394 e. The molecule has 1 heterocycles. The van der Waals surface area contributed by atoms with Crippen molar-refractivity contribution in [2.75, 3.05) is 11.1 Å². The lowest BCUT2D eigenvalue weighted by Gasteiger charge is -2.07. The number of benzene rings is 1. The van der Waals surface area contributed by atoms with Crippen molar-refractivity contribution in [3.8, 4) is 0 Å². The van der Waals surface area contributed by atoms with Gasteiger partial charge in [0.25, 0.3) is 5.91 Å². The van der Waals surface area contributed by atoms with Gasteiger partial charge in [0.2, 0.25) is 0 Å². The molecule has 2 aromatic rings. The average molecular weight is 283 g/mol. The Hall–Kier alpha value is -2.08. The van der Waals surface area contributed by atoms with Crippen LogP contribution in [0.5, 0.6) is 0 Å². The fourth-order valence-electron chi connectivity index (χ4n) is 1.64. The molecule has 100 valence electrons. The standard InChI is InChI=1S/C12H12ClFN4O/c1-6-10(15)11(18(2)17-6)16-12(19)7-3-4-9(14)8(13)5-7/h3-5H,15H2,1-2H3,(H,16,19). The van der Waals surface area contributed by atoms with Crippen LogP contribution >= 0.6 is 11.6 Å². The van der Waals surface area contributed by atoms with Crippen LogP contribution in [0, 0.1) is 12.7 Å². The Kier molecular flexibility index (Phi) is 3.44. The van der Waals surface area contributed by atoms with Crippen LogP contribution in [0.3, 0.4) is 0 Å². The molecule has 0 atom stereocenters. The highest BCUT2D eigenvalue weighted by Gasteiger charge is 2.15. The van der Waals surface area contributed by atoms with Gasteiger partial charge in [-0.15, -0.1) is 0 Å². The van der Waals surface area contributed by atoms with Crippen LogP contribution in [0.25, 0.3) is 0 Å². The van der Waals surface area contributed by atoms with Gasteiger partial charge in [0.05, 0.1) is 16.4 Å². The number of nitrogens with two attached hydrogens (primary N) is 1. The first-order chi connectivity index (χ1) is 8.90. The van der Waals surface area contributed by atoms with Crippen molar-refractivity contribution in [1.82, 2.24) is 9.78 Å². The highest BCUT2D eigenvalue weighted by molar-refractivity contribution is 6.31. The summed E-state index contributed by atoms with van der Waals surface area (Å²) in [4.78, 5) is 12.0. The van der Waals surface area contributed by atoms with E-state index in [1.54, 1.807) is 14.0 Å². The van der Waals surface area contributed by atoms with Gasteiger partial charge in [-0.3, -0.25) is 9.48 Å². The number of halogens is 2. The first-order valence-corrected chi connectivity index (χ1v) is 5.83. The first-order valence-electron chi connectivity index (χ1n) is 5.45. The van der Waals surface area contributed by atoms with E-state index in [1.165, 1.54) is 16.8 Å². The highest BCUT2D eigenvalue weighted by atomic mass is 35.5. The molecule has 3 N–H and O–H groups in total. The highest BCUT2D eigenvalue weighted by Crippen LogP contribution is 2.22. The zero-order chi connectivity index (χ0) is 14.2. The van der Waals surface area contributed by atoms with Crippen molar-refractivity contribution in [1.29, 1.82) is 0 Å². The Labute approximate surface area is 114 Å². The van der Waals surface area contributed by atoms with Gasteiger partial charge in [0.1, 0.15) is 5.82 Å². The van der Waals surface area contributed by atoms with Crippen LogP contribution in [-0.4, -0.2) is 15.7 Å². The maximum absolute atomic E-state index is 13.0. The van der Waals surface area contributed by atoms with E-state index in [4.69, 9.17) is 17.3 Å². The summed E-state index contributed by atoms with van der Waals surface area (Å²) in [7, 11) is 1.66. The fraction of sp³-hybridized carbons (Fsp3) is 0.167. The number of carbonyl (C=O) groups is 1. The molecule has 1 amide bonds. The number of anilines is 2. The number of rotatable bonds is 2. The first kappa shape index (κ1) is 13.4. The summed E-state index contributed by atoms with van der Waals surface area (Å²) >= 11 is 5.63. The lowest BCUT2D eigenvalue weighted by Crippen LogP contribution is -2.15. The molecule has 19 heavy (non-hydrogen) atoms. The fourth-order valence-corrected chi connectivity index (χ4v) is 1.82. The number of nitrogen functional groups attached to an aromatic ring is 1. The second kappa shape index (κ2) is 4.89. The molecular weight excluding hydrogens is 271 g/mol. The summed E-state index contributed by atoms with van der Waals surface area (Å²) in [6.07, 6.45) is 0. The summed E-state index contributed by atoms with van der Waals surface area (Å²) in [6, 6.07) is 3.73. The van der Waals surface area contributed by atoms with Gasteiger partial charge >= 0.3 is 0 Å². The Morgan fingerprint density at radius 3 is 2.74 bits per heavy atom. The second-order valence-corrected chi connectivity index (χ2v) is 4.46. The van der Waals surface area contributed by atoms with Crippen molar-refractivity contribution in [3.63, 3.8) is 0 Å². The van der Waals surface area contributed by atoms with E-state index in [-0.39, 0.29) is 10.6 Å². The van der Waals surface area contributed by atoms with Crippen LogP contribution in [0.2, 0.25) is 5.02 Å². The molecule has 0 radical (unpaired) electrons. The minimum absolute atomic E-state index is 0.109. The smallest absolute Gasteiger partial charge is 0.256 e. The summed E-state index contributed by atoms with van der Waals surface area (Å²) in [5, 5.41) is 6.59. The zero-order valence-electron chi connectivity index (χ0n) is 10.4. The van der Waals surface area contributed by atoms with Crippen LogP contribution in [0.1, 0.15) is 16.1 Å². The van der Waals surface area contributed by atoms with Crippen molar-refractivity contribution >= 4 is 29.0 Å². The molecule has 0 saturated heterocycles. The van der Waals surface area contributed by atoms with Gasteiger partial charge in [-0.05, 0) is 25.1 Å². The predicted octanol–water partition coefficient (Wildman–Crippen LogP) is 2.36. The third kappa shape index (κ3) is 2.53. The number of nitrogens with one attached hydrogen (secondary N) is 1. The van der Waals surface area contributed by atoms with Gasteiger partial charge in [-0.1, -0.05) is 11.6 Å². The molecule has 1 aromatic carbocycles. The molecule has 7 heteroatoms. The summed E-state index contributed by atoms with van der Waals surface area (Å²) < 4.78 is 14.5. The topological polar surface area (TPSA) is 72.9 Å². The Bertz CT molecular complexity index is 653. The Morgan fingerprint density at radius 1 is 1.53 bits per heavy atom. The number of hydrogen-bond donors (Lipinski definition) is 2. The summed E-state index contributed by atoms with van der Waals surface area (Å²) in [5.74, 6) is -0.617. The number of nitrogens with zero attached hydrogens (tertiary/aromatic N) is 2. The van der Waals surface area contributed by atoms with Gasteiger partial charge < -0.3 is 11.1 Å². The number of hydrogen-bond acceptors (Lipinski definition) is 3. The van der Waals surface area contributed by atoms with Gasteiger partial charge in [0.15, 0.2) is 5.82 Å². The monoisotopic (exact) mass is 282 g/mol. The maximum atomic E-state index is 13.0. The Balaban J connectivity index is 2.28. The molecule has 0 spiro atoms. The van der Waals surface area contributed by atoms with E-state index < -0.39 is 11.7 Å². The molecule has 2 rings (SSSR count). The Morgan fingerprint density at radius 2 is 2.21 bits per heavy atom. The number of aryl methyl sites for hydroxylation is 2. The minimum atomic E-state index is -0.575. The quantitative estimate of drug-likeness (QED) is 0.888. The molecule has 1 aromatic heterocycles. The lowest BCUT2D eigenvalue weighted by atomic mass is 10.2. The van der Waals surface area contributed by atoms with E-state index in [9.17, 15) is 9.18 Å². The molecule has 0 bridgehead atoms. The molecule has 5 nitrogen and oxygen atoms in total. The summed E-state index contributed by atoms with van der Waals surface area (Å²) in [6.45, 7) is 1.74. The number of aromatic nitrogens is 2.